The molecule has 0 aliphatic carbocycles. The van der Waals surface area contributed by atoms with E-state index in [2.05, 4.69) is 4.98 Å². The lowest BCUT2D eigenvalue weighted by atomic mass is 10.2. The van der Waals surface area contributed by atoms with Gasteiger partial charge in [-0.2, -0.15) is 4.98 Å². The van der Waals surface area contributed by atoms with Gasteiger partial charge in [-0.25, -0.2) is 13.2 Å². The van der Waals surface area contributed by atoms with Crippen LogP contribution in [0.4, 0.5) is 18.3 Å². The van der Waals surface area contributed by atoms with Gasteiger partial charge in [0.25, 0.3) is 5.56 Å². The standard InChI is InChI=1S/C12H9F3N2O2S/c13-7-5-6-10(9(15)8(7)14)20-12(16-11(6)18)17-1-3-19-4-2-17/h5H,1-4H2. The van der Waals surface area contributed by atoms with Crippen molar-refractivity contribution >= 4 is 26.6 Å². The zero-order chi connectivity index (χ0) is 14.3. The topological polar surface area (TPSA) is 42.4 Å². The Bertz CT molecular complexity index is 729. The number of aromatic nitrogens is 1. The van der Waals surface area contributed by atoms with E-state index in [0.29, 0.717) is 32.4 Å². The Balaban J connectivity index is 2.20. The number of fused-ring (bicyclic) bond motifs is 1. The number of morpholine rings is 1. The van der Waals surface area contributed by atoms with Crippen molar-refractivity contribution in [1.82, 2.24) is 4.98 Å². The smallest absolute Gasteiger partial charge is 0.281 e. The Morgan fingerprint density at radius 3 is 2.60 bits per heavy atom. The van der Waals surface area contributed by atoms with Crippen LogP contribution in [0.2, 0.25) is 0 Å². The largest absolute Gasteiger partial charge is 0.378 e. The first-order valence-electron chi connectivity index (χ1n) is 5.89. The molecule has 106 valence electrons. The molecular formula is C12H9F3N2O2S. The van der Waals surface area contributed by atoms with E-state index in [9.17, 15) is 18.0 Å². The van der Waals surface area contributed by atoms with Gasteiger partial charge in [-0.05, 0) is 6.07 Å². The second kappa shape index (κ2) is 5.02. The van der Waals surface area contributed by atoms with Gasteiger partial charge in [0.15, 0.2) is 22.6 Å². The highest BCUT2D eigenvalue weighted by Crippen LogP contribution is 2.29. The molecule has 8 heteroatoms. The average Bonchev–Trinajstić information content (AvgIpc) is 2.47. The predicted octanol–water partition coefficient (Wildman–Crippen LogP) is 1.91. The average molecular weight is 302 g/mol. The zero-order valence-electron chi connectivity index (χ0n) is 10.2. The van der Waals surface area contributed by atoms with Crippen LogP contribution in [0.25, 0.3) is 10.1 Å². The molecule has 0 atom stereocenters. The van der Waals surface area contributed by atoms with Crippen LogP contribution in [0.5, 0.6) is 0 Å². The summed E-state index contributed by atoms with van der Waals surface area (Å²) in [5, 5.41) is 0.0408. The third kappa shape index (κ3) is 2.14. The molecule has 1 aromatic carbocycles. The van der Waals surface area contributed by atoms with Gasteiger partial charge >= 0.3 is 0 Å². The van der Waals surface area contributed by atoms with Crippen molar-refractivity contribution in [1.29, 1.82) is 0 Å². The normalized spacial score (nSPS) is 15.8. The molecule has 1 aliphatic rings. The van der Waals surface area contributed by atoms with Crippen LogP contribution in [0.3, 0.4) is 0 Å². The fourth-order valence-corrected chi connectivity index (χ4v) is 3.05. The van der Waals surface area contributed by atoms with Gasteiger partial charge in [-0.3, -0.25) is 4.79 Å². The van der Waals surface area contributed by atoms with Crippen LogP contribution in [-0.2, 0) is 4.74 Å². The Morgan fingerprint density at radius 1 is 1.20 bits per heavy atom. The molecule has 3 rings (SSSR count). The molecule has 2 heterocycles. The van der Waals surface area contributed by atoms with Crippen molar-refractivity contribution in [2.45, 2.75) is 0 Å². The highest BCUT2D eigenvalue weighted by molar-refractivity contribution is 7.21. The number of anilines is 1. The van der Waals surface area contributed by atoms with Crippen molar-refractivity contribution < 1.29 is 17.9 Å². The van der Waals surface area contributed by atoms with Crippen molar-refractivity contribution in [3.63, 3.8) is 0 Å². The van der Waals surface area contributed by atoms with Crippen LogP contribution in [0, 0.1) is 17.5 Å². The third-order valence-corrected chi connectivity index (χ3v) is 4.16. The zero-order valence-corrected chi connectivity index (χ0v) is 11.0. The lowest BCUT2D eigenvalue weighted by Gasteiger charge is -2.26. The maximum atomic E-state index is 13.8. The molecule has 0 unspecified atom stereocenters. The Kier molecular flexibility index (Phi) is 3.35. The number of benzene rings is 1. The summed E-state index contributed by atoms with van der Waals surface area (Å²) in [7, 11) is 0. The molecule has 0 spiro atoms. The highest BCUT2D eigenvalue weighted by Gasteiger charge is 2.20. The molecule has 0 saturated carbocycles. The lowest BCUT2D eigenvalue weighted by molar-refractivity contribution is 0.122. The van der Waals surface area contributed by atoms with E-state index in [4.69, 9.17) is 4.74 Å². The molecule has 1 fully saturated rings. The van der Waals surface area contributed by atoms with Gasteiger partial charge in [-0.15, -0.1) is 0 Å². The number of hydrogen-bond acceptors (Lipinski definition) is 5. The fraction of sp³-hybridized carbons (Fsp3) is 0.333. The van der Waals surface area contributed by atoms with E-state index >= 15 is 0 Å². The molecule has 0 bridgehead atoms. The first-order valence-corrected chi connectivity index (χ1v) is 6.70. The second-order valence-corrected chi connectivity index (χ2v) is 5.24. The summed E-state index contributed by atoms with van der Waals surface area (Å²) < 4.78 is 45.1. The van der Waals surface area contributed by atoms with E-state index in [-0.39, 0.29) is 15.2 Å². The third-order valence-electron chi connectivity index (χ3n) is 3.02. The minimum absolute atomic E-state index is 0.217. The van der Waals surface area contributed by atoms with Crippen molar-refractivity contribution in [3.8, 4) is 0 Å². The highest BCUT2D eigenvalue weighted by atomic mass is 32.1. The maximum absolute atomic E-state index is 13.8. The summed E-state index contributed by atoms with van der Waals surface area (Å²) in [6.07, 6.45) is 0. The van der Waals surface area contributed by atoms with Gasteiger partial charge < -0.3 is 9.64 Å². The Labute approximate surface area is 115 Å². The van der Waals surface area contributed by atoms with Crippen LogP contribution in [-0.4, -0.2) is 31.3 Å². The monoisotopic (exact) mass is 302 g/mol. The molecular weight excluding hydrogens is 293 g/mol. The van der Waals surface area contributed by atoms with Crippen LogP contribution in [0.1, 0.15) is 0 Å². The van der Waals surface area contributed by atoms with Crippen molar-refractivity contribution in [2.24, 2.45) is 0 Å². The molecule has 4 nitrogen and oxygen atoms in total. The minimum Gasteiger partial charge on any atom is -0.378 e. The fourth-order valence-electron chi connectivity index (χ4n) is 1.99. The number of hydrogen-bond donors (Lipinski definition) is 0. The molecule has 2 aromatic rings. The minimum atomic E-state index is -1.58. The SMILES string of the molecule is O=c1nc(N2CCOCC2)sc2c(F)c(F)c(F)cc12. The Morgan fingerprint density at radius 2 is 1.90 bits per heavy atom. The maximum Gasteiger partial charge on any atom is 0.281 e. The van der Waals surface area contributed by atoms with Crippen LogP contribution < -0.4 is 10.5 Å². The number of ether oxygens (including phenoxy) is 1. The van der Waals surface area contributed by atoms with Gasteiger partial charge in [0.2, 0.25) is 0 Å². The van der Waals surface area contributed by atoms with Gasteiger partial charge in [0.1, 0.15) is 0 Å². The van der Waals surface area contributed by atoms with E-state index in [1.54, 1.807) is 4.90 Å². The van der Waals surface area contributed by atoms with Crippen LogP contribution >= 0.6 is 11.3 Å². The summed E-state index contributed by atoms with van der Waals surface area (Å²) in [5.41, 5.74) is -0.766. The molecule has 0 radical (unpaired) electrons. The van der Waals surface area contributed by atoms with Gasteiger partial charge in [-0.1, -0.05) is 11.3 Å². The number of halogens is 3. The van der Waals surface area contributed by atoms with Crippen molar-refractivity contribution in [3.05, 3.63) is 33.9 Å². The van der Waals surface area contributed by atoms with E-state index in [1.165, 1.54) is 0 Å². The molecule has 1 aromatic heterocycles. The molecule has 0 N–H and O–H groups in total. The first-order chi connectivity index (χ1) is 9.58. The van der Waals surface area contributed by atoms with Gasteiger partial charge in [0, 0.05) is 13.1 Å². The van der Waals surface area contributed by atoms with Gasteiger partial charge in [0.05, 0.1) is 23.3 Å². The number of nitrogens with zero attached hydrogens (tertiary/aromatic N) is 2. The second-order valence-electron chi connectivity index (χ2n) is 4.26. The molecule has 1 aliphatic heterocycles. The summed E-state index contributed by atoms with van der Waals surface area (Å²) in [6, 6.07) is 0.683. The first kappa shape index (κ1) is 13.3. The molecule has 0 amide bonds. The summed E-state index contributed by atoms with van der Waals surface area (Å²) in [6.45, 7) is 1.97. The Hall–Kier alpha value is -1.67. The number of rotatable bonds is 1. The van der Waals surface area contributed by atoms with Crippen molar-refractivity contribution in [2.75, 3.05) is 31.2 Å². The summed E-state index contributed by atoms with van der Waals surface area (Å²) in [5.74, 6) is -4.31. The van der Waals surface area contributed by atoms with E-state index < -0.39 is 23.0 Å². The van der Waals surface area contributed by atoms with Crippen LogP contribution in [0.15, 0.2) is 10.9 Å². The quantitative estimate of drug-likeness (QED) is 0.755. The lowest BCUT2D eigenvalue weighted by Crippen LogP contribution is -2.37. The summed E-state index contributed by atoms with van der Waals surface area (Å²) in [4.78, 5) is 17.4. The molecule has 20 heavy (non-hydrogen) atoms. The molecule has 1 saturated heterocycles. The van der Waals surface area contributed by atoms with E-state index in [0.717, 1.165) is 11.3 Å². The predicted molar refractivity (Wildman–Crippen MR) is 68.8 cm³/mol. The van der Waals surface area contributed by atoms with E-state index in [1.807, 2.05) is 0 Å². The summed E-state index contributed by atoms with van der Waals surface area (Å²) >= 11 is 0.835.